The lowest BCUT2D eigenvalue weighted by Crippen LogP contribution is -2.48. The van der Waals surface area contributed by atoms with Gasteiger partial charge in [-0.15, -0.1) is 5.10 Å². The molecule has 11 heteroatoms. The van der Waals surface area contributed by atoms with Crippen LogP contribution in [0.25, 0.3) is 5.69 Å². The van der Waals surface area contributed by atoms with Crippen LogP contribution in [0.15, 0.2) is 42.6 Å². The minimum Gasteiger partial charge on any atom is -0.481 e. The zero-order chi connectivity index (χ0) is 22.7. The monoisotopic (exact) mass is 439 g/mol. The highest BCUT2D eigenvalue weighted by Crippen LogP contribution is 2.43. The first-order chi connectivity index (χ1) is 15.5. The molecule has 1 saturated carbocycles. The van der Waals surface area contributed by atoms with E-state index in [2.05, 4.69) is 10.1 Å². The fourth-order valence-corrected chi connectivity index (χ4v) is 3.45. The Morgan fingerprint density at radius 2 is 2.00 bits per heavy atom. The number of ether oxygens (including phenoxy) is 3. The fraction of sp³-hybridized carbons (Fsp3) is 0.286. The van der Waals surface area contributed by atoms with Crippen LogP contribution in [0, 0.1) is 0 Å². The van der Waals surface area contributed by atoms with Crippen molar-refractivity contribution >= 4 is 11.7 Å². The molecule has 0 radical (unpaired) electrons. The van der Waals surface area contributed by atoms with Gasteiger partial charge in [0.2, 0.25) is 17.6 Å². The van der Waals surface area contributed by atoms with Crippen LogP contribution in [-0.4, -0.2) is 35.0 Å². The van der Waals surface area contributed by atoms with Crippen LogP contribution in [0.1, 0.15) is 29.9 Å². The molecular weight excluding hydrogens is 414 g/mol. The third-order valence-corrected chi connectivity index (χ3v) is 5.20. The molecule has 2 amide bonds. The number of rotatable bonds is 8. The molecule has 0 saturated heterocycles. The van der Waals surface area contributed by atoms with Gasteiger partial charge in [0, 0.05) is 23.9 Å². The van der Waals surface area contributed by atoms with E-state index >= 15 is 0 Å². The van der Waals surface area contributed by atoms with Crippen LogP contribution in [0.2, 0.25) is 0 Å². The summed E-state index contributed by atoms with van der Waals surface area (Å²) >= 11 is 0. The molecule has 0 atom stereocenters. The number of benzene rings is 1. The van der Waals surface area contributed by atoms with Crippen molar-refractivity contribution in [3.8, 4) is 23.3 Å². The van der Waals surface area contributed by atoms with Gasteiger partial charge >= 0.3 is 6.03 Å². The number of hydrogen-bond donors (Lipinski definition) is 3. The molecule has 2 aromatic heterocycles. The second-order valence-corrected chi connectivity index (χ2v) is 7.21. The number of anilines is 1. The van der Waals surface area contributed by atoms with Gasteiger partial charge in [-0.25, -0.2) is 26.2 Å². The maximum Gasteiger partial charge on any atom is 0.350 e. The van der Waals surface area contributed by atoms with Crippen LogP contribution >= 0.6 is 0 Å². The first-order valence-corrected chi connectivity index (χ1v) is 10.0. The summed E-state index contributed by atoms with van der Waals surface area (Å²) in [6.07, 6.45) is 3.91. The summed E-state index contributed by atoms with van der Waals surface area (Å²) in [4.78, 5) is 16.3. The van der Waals surface area contributed by atoms with Crippen LogP contribution < -0.4 is 36.3 Å². The summed E-state index contributed by atoms with van der Waals surface area (Å²) in [6, 6.07) is 10.3. The minimum atomic E-state index is -0.623. The minimum absolute atomic E-state index is 0.183. The van der Waals surface area contributed by atoms with Crippen LogP contribution in [0.5, 0.6) is 17.6 Å². The Morgan fingerprint density at radius 3 is 2.69 bits per heavy atom. The van der Waals surface area contributed by atoms with Crippen molar-refractivity contribution in [3.63, 3.8) is 0 Å². The Labute approximate surface area is 184 Å². The largest absolute Gasteiger partial charge is 0.481 e. The third kappa shape index (κ3) is 4.29. The van der Waals surface area contributed by atoms with E-state index < -0.39 is 6.03 Å². The van der Waals surface area contributed by atoms with Gasteiger partial charge in [-0.3, -0.25) is 5.43 Å². The Morgan fingerprint density at radius 1 is 1.19 bits per heavy atom. The molecule has 168 valence electrons. The van der Waals surface area contributed by atoms with Gasteiger partial charge in [0.05, 0.1) is 19.9 Å². The van der Waals surface area contributed by atoms with E-state index in [0.717, 1.165) is 29.0 Å². The average Bonchev–Trinajstić information content (AvgIpc) is 3.58. The summed E-state index contributed by atoms with van der Waals surface area (Å²) < 4.78 is 18.1. The zero-order valence-corrected chi connectivity index (χ0v) is 17.8. The van der Waals surface area contributed by atoms with Crippen molar-refractivity contribution in [2.24, 2.45) is 11.7 Å². The molecule has 5 N–H and O–H groups in total. The lowest BCUT2D eigenvalue weighted by molar-refractivity contribution is 0.246. The van der Waals surface area contributed by atoms with Crippen molar-refractivity contribution in [3.05, 3.63) is 53.7 Å². The Bertz CT molecular complexity index is 1110. The van der Waals surface area contributed by atoms with Gasteiger partial charge < -0.3 is 14.2 Å². The summed E-state index contributed by atoms with van der Waals surface area (Å²) in [5, 5.41) is 5.45. The van der Waals surface area contributed by atoms with Crippen molar-refractivity contribution in [2.75, 3.05) is 19.2 Å². The van der Waals surface area contributed by atoms with Gasteiger partial charge in [0.25, 0.3) is 0 Å². The molecule has 1 aromatic carbocycles. The molecule has 3 aromatic rings. The number of pyridine rings is 1. The molecule has 0 unspecified atom stereocenters. The van der Waals surface area contributed by atoms with Crippen LogP contribution in [-0.2, 0) is 6.61 Å². The Hall–Kier alpha value is -3.83. The number of amides is 2. The van der Waals surface area contributed by atoms with Gasteiger partial charge in [0.1, 0.15) is 12.3 Å². The number of nitrogens with zero attached hydrogens (tertiary/aromatic N) is 4. The quantitative estimate of drug-likeness (QED) is 0.275. The summed E-state index contributed by atoms with van der Waals surface area (Å²) in [5.74, 6) is 12.9. The number of urea groups is 1. The second kappa shape index (κ2) is 9.12. The highest BCUT2D eigenvalue weighted by Gasteiger charge is 2.29. The van der Waals surface area contributed by atoms with Crippen molar-refractivity contribution in [1.29, 1.82) is 0 Å². The third-order valence-electron chi connectivity index (χ3n) is 5.20. The normalized spacial score (nSPS) is 12.9. The van der Waals surface area contributed by atoms with E-state index in [1.807, 2.05) is 17.6 Å². The average molecular weight is 439 g/mol. The smallest absolute Gasteiger partial charge is 0.350 e. The van der Waals surface area contributed by atoms with E-state index in [1.54, 1.807) is 35.1 Å². The second-order valence-electron chi connectivity index (χ2n) is 7.21. The number of carbonyl (C=O) groups is 1. The first kappa shape index (κ1) is 21.4. The predicted octanol–water partition coefficient (Wildman–Crippen LogP) is 2.00. The Balaban J connectivity index is 1.58. The van der Waals surface area contributed by atoms with Gasteiger partial charge in [0.15, 0.2) is 0 Å². The molecule has 11 nitrogen and oxygen atoms in total. The maximum absolute atomic E-state index is 12.0. The standard InChI is InChI=1S/C21H25N7O4/c1-30-18-9-8-17(20(24-18)31-2)27-11-10-19(26-27)32-12-15-14(13-6-7-13)4-3-5-16(15)28(23)21(29)25-22/h3-5,8-11,13H,6-7,12,22-23H2,1-2H3,(H,25,29). The predicted molar refractivity (Wildman–Crippen MR) is 117 cm³/mol. The summed E-state index contributed by atoms with van der Waals surface area (Å²) in [7, 11) is 3.06. The number of nitrogens with two attached hydrogens (primary N) is 2. The molecule has 1 aliphatic rings. The number of hydrogen-bond acceptors (Lipinski definition) is 8. The van der Waals surface area contributed by atoms with Gasteiger partial charge in [-0.1, -0.05) is 12.1 Å². The molecule has 1 aliphatic carbocycles. The fourth-order valence-electron chi connectivity index (χ4n) is 3.45. The molecule has 32 heavy (non-hydrogen) atoms. The highest BCUT2D eigenvalue weighted by molar-refractivity contribution is 5.91. The van der Waals surface area contributed by atoms with E-state index in [-0.39, 0.29) is 6.61 Å². The summed E-state index contributed by atoms with van der Waals surface area (Å²) in [6.45, 7) is 0.183. The number of hydrazine groups is 2. The molecule has 0 aliphatic heterocycles. The van der Waals surface area contributed by atoms with Gasteiger partial charge in [-0.2, -0.15) is 4.98 Å². The van der Waals surface area contributed by atoms with E-state index in [4.69, 9.17) is 25.9 Å². The number of aromatic nitrogens is 3. The highest BCUT2D eigenvalue weighted by atomic mass is 16.5. The number of carbonyl (C=O) groups excluding carboxylic acids is 1. The number of nitrogens with one attached hydrogen (secondary N) is 1. The van der Waals surface area contributed by atoms with E-state index in [9.17, 15) is 4.79 Å². The van der Waals surface area contributed by atoms with Crippen molar-refractivity contribution < 1.29 is 19.0 Å². The first-order valence-electron chi connectivity index (χ1n) is 10.0. The molecule has 1 fully saturated rings. The maximum atomic E-state index is 12.0. The van der Waals surface area contributed by atoms with Crippen molar-refractivity contribution in [2.45, 2.75) is 25.4 Å². The van der Waals surface area contributed by atoms with Gasteiger partial charge in [-0.05, 0) is 36.5 Å². The summed E-state index contributed by atoms with van der Waals surface area (Å²) in [5.41, 5.74) is 5.13. The van der Waals surface area contributed by atoms with E-state index in [0.29, 0.717) is 34.9 Å². The topological polar surface area (TPSA) is 143 Å². The van der Waals surface area contributed by atoms with Crippen LogP contribution in [0.3, 0.4) is 0 Å². The number of methoxy groups -OCH3 is 2. The van der Waals surface area contributed by atoms with Crippen LogP contribution in [0.4, 0.5) is 10.5 Å². The molecule has 4 rings (SSSR count). The molecule has 0 bridgehead atoms. The Kier molecular flexibility index (Phi) is 6.10. The molecule has 2 heterocycles. The molecular formula is C21H25N7O4. The van der Waals surface area contributed by atoms with Crippen molar-refractivity contribution in [1.82, 2.24) is 20.2 Å². The zero-order valence-electron chi connectivity index (χ0n) is 17.8. The lowest BCUT2D eigenvalue weighted by atomic mass is 10.0. The van der Waals surface area contributed by atoms with E-state index in [1.165, 1.54) is 14.2 Å². The lowest BCUT2D eigenvalue weighted by Gasteiger charge is -2.21. The molecule has 0 spiro atoms. The SMILES string of the molecule is COc1ccc(-n2ccc(OCc3c(C4CC4)cccc3N(N)C(=O)NN)n2)c(OC)n1.